The highest BCUT2D eigenvalue weighted by atomic mass is 16.5. The van der Waals surface area contributed by atoms with Crippen LogP contribution in [0.5, 0.6) is 5.75 Å². The fourth-order valence-electron chi connectivity index (χ4n) is 1.22. The third-order valence-corrected chi connectivity index (χ3v) is 2.13. The third kappa shape index (κ3) is 2.12. The number of rotatable bonds is 3. The predicted octanol–water partition coefficient (Wildman–Crippen LogP) is 1.69. The van der Waals surface area contributed by atoms with Gasteiger partial charge in [-0.25, -0.2) is 0 Å². The van der Waals surface area contributed by atoms with E-state index in [0.717, 1.165) is 23.4 Å². The second-order valence-electron chi connectivity index (χ2n) is 3.01. The molecule has 3 heteroatoms. The van der Waals surface area contributed by atoms with Crippen molar-refractivity contribution in [3.05, 3.63) is 23.8 Å². The van der Waals surface area contributed by atoms with Gasteiger partial charge in [-0.1, -0.05) is 6.92 Å². The number of nitrogen functional groups attached to an aromatic ring is 1. The number of hydrogen-bond acceptors (Lipinski definition) is 3. The molecule has 0 saturated heterocycles. The van der Waals surface area contributed by atoms with Crippen LogP contribution in [-0.2, 0) is 0 Å². The van der Waals surface area contributed by atoms with Gasteiger partial charge in [0, 0.05) is 11.7 Å². The molecular formula is C10H16N2O. The number of ether oxygens (including phenoxy) is 1. The van der Waals surface area contributed by atoms with Gasteiger partial charge in [0.1, 0.15) is 5.75 Å². The minimum atomic E-state index is -0.00454. The molecule has 0 saturated carbocycles. The SMILES string of the molecule is CC[C@@H](N)c1cc(OC)ccc1N. The first-order valence-corrected chi connectivity index (χ1v) is 4.38. The molecule has 4 N–H and O–H groups in total. The number of nitrogens with two attached hydrogens (primary N) is 2. The summed E-state index contributed by atoms with van der Waals surface area (Å²) in [5, 5.41) is 0. The van der Waals surface area contributed by atoms with Crippen molar-refractivity contribution < 1.29 is 4.74 Å². The number of methoxy groups -OCH3 is 1. The average Bonchev–Trinajstić information content (AvgIpc) is 2.17. The molecule has 1 rings (SSSR count). The molecular weight excluding hydrogens is 164 g/mol. The Balaban J connectivity index is 3.03. The van der Waals surface area contributed by atoms with E-state index in [1.807, 2.05) is 25.1 Å². The van der Waals surface area contributed by atoms with Crippen molar-refractivity contribution in [2.75, 3.05) is 12.8 Å². The molecule has 0 aliphatic heterocycles. The lowest BCUT2D eigenvalue weighted by atomic mass is 10.0. The topological polar surface area (TPSA) is 61.3 Å². The summed E-state index contributed by atoms with van der Waals surface area (Å²) in [6.45, 7) is 2.03. The largest absolute Gasteiger partial charge is 0.497 e. The van der Waals surface area contributed by atoms with Crippen molar-refractivity contribution in [3.8, 4) is 5.75 Å². The molecule has 1 aromatic rings. The number of anilines is 1. The first-order valence-electron chi connectivity index (χ1n) is 4.38. The Kier molecular flexibility index (Phi) is 3.14. The molecule has 0 bridgehead atoms. The summed E-state index contributed by atoms with van der Waals surface area (Å²) >= 11 is 0. The summed E-state index contributed by atoms with van der Waals surface area (Å²) in [7, 11) is 1.63. The van der Waals surface area contributed by atoms with Gasteiger partial charge >= 0.3 is 0 Å². The standard InChI is InChI=1S/C10H16N2O/c1-3-9(11)8-6-7(13-2)4-5-10(8)12/h4-6,9H,3,11-12H2,1-2H3/t9-/m1/s1. The van der Waals surface area contributed by atoms with Crippen LogP contribution in [0.15, 0.2) is 18.2 Å². The van der Waals surface area contributed by atoms with Gasteiger partial charge in [-0.3, -0.25) is 0 Å². The van der Waals surface area contributed by atoms with Crippen molar-refractivity contribution >= 4 is 5.69 Å². The van der Waals surface area contributed by atoms with Crippen LogP contribution in [-0.4, -0.2) is 7.11 Å². The van der Waals surface area contributed by atoms with Gasteiger partial charge in [0.15, 0.2) is 0 Å². The molecule has 0 fully saturated rings. The third-order valence-electron chi connectivity index (χ3n) is 2.13. The Morgan fingerprint density at radius 1 is 1.46 bits per heavy atom. The van der Waals surface area contributed by atoms with Gasteiger partial charge < -0.3 is 16.2 Å². The van der Waals surface area contributed by atoms with Crippen LogP contribution in [0.1, 0.15) is 24.9 Å². The van der Waals surface area contributed by atoms with E-state index in [9.17, 15) is 0 Å². The van der Waals surface area contributed by atoms with Crippen LogP contribution in [0, 0.1) is 0 Å². The minimum Gasteiger partial charge on any atom is -0.497 e. The first-order chi connectivity index (χ1) is 6.19. The van der Waals surface area contributed by atoms with Crippen molar-refractivity contribution in [1.82, 2.24) is 0 Å². The van der Waals surface area contributed by atoms with Crippen LogP contribution >= 0.6 is 0 Å². The van der Waals surface area contributed by atoms with E-state index in [1.165, 1.54) is 0 Å². The zero-order valence-electron chi connectivity index (χ0n) is 8.08. The normalized spacial score (nSPS) is 12.5. The highest BCUT2D eigenvalue weighted by molar-refractivity contribution is 5.51. The molecule has 72 valence electrons. The van der Waals surface area contributed by atoms with Crippen molar-refractivity contribution in [2.45, 2.75) is 19.4 Å². The highest BCUT2D eigenvalue weighted by Gasteiger charge is 2.08. The lowest BCUT2D eigenvalue weighted by Crippen LogP contribution is -2.11. The van der Waals surface area contributed by atoms with E-state index in [2.05, 4.69) is 0 Å². The number of hydrogen-bond donors (Lipinski definition) is 2. The fourth-order valence-corrected chi connectivity index (χ4v) is 1.22. The van der Waals surface area contributed by atoms with E-state index >= 15 is 0 Å². The summed E-state index contributed by atoms with van der Waals surface area (Å²) in [6, 6.07) is 5.55. The first kappa shape index (κ1) is 9.86. The molecule has 0 aliphatic rings. The van der Waals surface area contributed by atoms with Crippen molar-refractivity contribution in [3.63, 3.8) is 0 Å². The Labute approximate surface area is 78.7 Å². The van der Waals surface area contributed by atoms with E-state index in [0.29, 0.717) is 0 Å². The molecule has 13 heavy (non-hydrogen) atoms. The summed E-state index contributed by atoms with van der Waals surface area (Å²) in [5.41, 5.74) is 13.4. The van der Waals surface area contributed by atoms with Gasteiger partial charge in [0.2, 0.25) is 0 Å². The molecule has 0 aliphatic carbocycles. The fraction of sp³-hybridized carbons (Fsp3) is 0.400. The Hall–Kier alpha value is -1.22. The molecule has 0 spiro atoms. The van der Waals surface area contributed by atoms with Crippen LogP contribution < -0.4 is 16.2 Å². The van der Waals surface area contributed by atoms with E-state index in [1.54, 1.807) is 7.11 Å². The van der Waals surface area contributed by atoms with Crippen LogP contribution in [0.2, 0.25) is 0 Å². The molecule has 0 amide bonds. The van der Waals surface area contributed by atoms with Gasteiger partial charge in [-0.15, -0.1) is 0 Å². The van der Waals surface area contributed by atoms with Gasteiger partial charge in [-0.05, 0) is 30.2 Å². The lowest BCUT2D eigenvalue weighted by molar-refractivity contribution is 0.414. The second kappa shape index (κ2) is 4.14. The molecule has 0 aromatic heterocycles. The average molecular weight is 180 g/mol. The molecule has 1 aromatic carbocycles. The summed E-state index contributed by atoms with van der Waals surface area (Å²) < 4.78 is 5.09. The minimum absolute atomic E-state index is 0.00454. The Bertz CT molecular complexity index is 286. The van der Waals surface area contributed by atoms with Crippen molar-refractivity contribution in [2.24, 2.45) is 5.73 Å². The zero-order valence-corrected chi connectivity index (χ0v) is 8.08. The van der Waals surface area contributed by atoms with Crippen LogP contribution in [0.25, 0.3) is 0 Å². The molecule has 1 atom stereocenters. The molecule has 0 unspecified atom stereocenters. The smallest absolute Gasteiger partial charge is 0.119 e. The van der Waals surface area contributed by atoms with E-state index < -0.39 is 0 Å². The number of benzene rings is 1. The zero-order chi connectivity index (χ0) is 9.84. The van der Waals surface area contributed by atoms with Gasteiger partial charge in [0.25, 0.3) is 0 Å². The molecule has 3 nitrogen and oxygen atoms in total. The van der Waals surface area contributed by atoms with E-state index in [4.69, 9.17) is 16.2 Å². The highest BCUT2D eigenvalue weighted by Crippen LogP contribution is 2.25. The summed E-state index contributed by atoms with van der Waals surface area (Å²) in [4.78, 5) is 0. The van der Waals surface area contributed by atoms with Gasteiger partial charge in [0.05, 0.1) is 7.11 Å². The molecule has 0 radical (unpaired) electrons. The van der Waals surface area contributed by atoms with Crippen LogP contribution in [0.4, 0.5) is 5.69 Å². The molecule has 0 heterocycles. The van der Waals surface area contributed by atoms with Crippen LogP contribution in [0.3, 0.4) is 0 Å². The Morgan fingerprint density at radius 3 is 2.69 bits per heavy atom. The maximum absolute atomic E-state index is 5.88. The van der Waals surface area contributed by atoms with Gasteiger partial charge in [-0.2, -0.15) is 0 Å². The Morgan fingerprint density at radius 2 is 2.15 bits per heavy atom. The monoisotopic (exact) mass is 180 g/mol. The maximum atomic E-state index is 5.88. The summed E-state index contributed by atoms with van der Waals surface area (Å²) in [5.74, 6) is 0.799. The summed E-state index contributed by atoms with van der Waals surface area (Å²) in [6.07, 6.45) is 0.872. The quantitative estimate of drug-likeness (QED) is 0.696. The second-order valence-corrected chi connectivity index (χ2v) is 3.01. The van der Waals surface area contributed by atoms with E-state index in [-0.39, 0.29) is 6.04 Å². The van der Waals surface area contributed by atoms with Crippen molar-refractivity contribution in [1.29, 1.82) is 0 Å². The lowest BCUT2D eigenvalue weighted by Gasteiger charge is -2.13. The predicted molar refractivity (Wildman–Crippen MR) is 54.6 cm³/mol. The maximum Gasteiger partial charge on any atom is 0.119 e.